The van der Waals surface area contributed by atoms with Crippen LogP contribution in [-0.2, 0) is 24.9 Å². The molecule has 122 valence electrons. The molecule has 1 aromatic carbocycles. The molecule has 3 rings (SSSR count). The molecule has 2 heterocycles. The Bertz CT molecular complexity index is 757. The second kappa shape index (κ2) is 5.81. The van der Waals surface area contributed by atoms with Crippen molar-refractivity contribution in [1.29, 1.82) is 0 Å². The van der Waals surface area contributed by atoms with E-state index in [9.17, 15) is 9.90 Å². The first-order valence-corrected chi connectivity index (χ1v) is 7.96. The number of nitrogens with one attached hydrogen (secondary N) is 1. The number of fused-ring (bicyclic) bond motifs is 1. The van der Waals surface area contributed by atoms with Crippen LogP contribution in [-0.4, -0.2) is 26.5 Å². The van der Waals surface area contributed by atoms with Gasteiger partial charge in [-0.25, -0.2) is 4.98 Å². The molecule has 1 aliphatic rings. The molecule has 0 fully saturated rings. The van der Waals surface area contributed by atoms with Gasteiger partial charge < -0.3 is 10.1 Å². The first kappa shape index (κ1) is 15.7. The van der Waals surface area contributed by atoms with Crippen LogP contribution in [0.5, 0.6) is 5.75 Å². The van der Waals surface area contributed by atoms with Crippen LogP contribution in [0.3, 0.4) is 0 Å². The number of hydrogen-bond acceptors (Lipinski definition) is 4. The van der Waals surface area contributed by atoms with E-state index < -0.39 is 0 Å². The van der Waals surface area contributed by atoms with Gasteiger partial charge in [0.2, 0.25) is 0 Å². The molecular formula is C18H23N3O2. The summed E-state index contributed by atoms with van der Waals surface area (Å²) in [7, 11) is 0. The zero-order valence-corrected chi connectivity index (χ0v) is 13.9. The summed E-state index contributed by atoms with van der Waals surface area (Å²) >= 11 is 0. The van der Waals surface area contributed by atoms with Gasteiger partial charge in [-0.3, -0.25) is 9.69 Å². The van der Waals surface area contributed by atoms with Crippen LogP contribution in [0, 0.1) is 0 Å². The highest BCUT2D eigenvalue weighted by molar-refractivity contribution is 5.27. The monoisotopic (exact) mass is 313 g/mol. The largest absolute Gasteiger partial charge is 0.508 e. The fourth-order valence-electron chi connectivity index (χ4n) is 2.83. The number of aromatic amines is 1. The van der Waals surface area contributed by atoms with Gasteiger partial charge in [0.1, 0.15) is 11.6 Å². The summed E-state index contributed by atoms with van der Waals surface area (Å²) in [5.74, 6) is 1.03. The van der Waals surface area contributed by atoms with Gasteiger partial charge in [-0.1, -0.05) is 32.9 Å². The first-order chi connectivity index (χ1) is 10.8. The van der Waals surface area contributed by atoms with Gasteiger partial charge in [0, 0.05) is 31.5 Å². The second-order valence-electron chi connectivity index (χ2n) is 7.22. The van der Waals surface area contributed by atoms with Crippen molar-refractivity contribution in [2.45, 2.75) is 45.7 Å². The number of rotatable bonds is 2. The van der Waals surface area contributed by atoms with E-state index in [0.29, 0.717) is 6.54 Å². The number of aromatic nitrogens is 2. The molecule has 0 radical (unpaired) electrons. The van der Waals surface area contributed by atoms with E-state index in [1.807, 2.05) is 12.1 Å². The lowest BCUT2D eigenvalue weighted by Gasteiger charge is -2.29. The predicted octanol–water partition coefficient (Wildman–Crippen LogP) is 2.33. The van der Waals surface area contributed by atoms with Crippen molar-refractivity contribution in [2.75, 3.05) is 6.54 Å². The van der Waals surface area contributed by atoms with Crippen molar-refractivity contribution in [3.05, 3.63) is 57.3 Å². The Morgan fingerprint density at radius 2 is 1.96 bits per heavy atom. The number of H-pyrrole nitrogens is 1. The molecule has 0 atom stereocenters. The summed E-state index contributed by atoms with van der Waals surface area (Å²) < 4.78 is 0. The smallest absolute Gasteiger partial charge is 0.255 e. The van der Waals surface area contributed by atoms with E-state index in [-0.39, 0.29) is 16.7 Å². The molecule has 2 N–H and O–H groups in total. The Morgan fingerprint density at radius 3 is 2.61 bits per heavy atom. The van der Waals surface area contributed by atoms with Crippen molar-refractivity contribution in [1.82, 2.24) is 14.9 Å². The lowest BCUT2D eigenvalue weighted by molar-refractivity contribution is 0.241. The van der Waals surface area contributed by atoms with Crippen molar-refractivity contribution < 1.29 is 5.11 Å². The Morgan fingerprint density at radius 1 is 1.26 bits per heavy atom. The normalized spacial score (nSPS) is 15.4. The number of phenolic OH excluding ortho intramolecular Hbond substituents is 1. The number of benzene rings is 1. The number of hydrogen-bond donors (Lipinski definition) is 2. The molecule has 0 saturated heterocycles. The van der Waals surface area contributed by atoms with E-state index >= 15 is 0 Å². The van der Waals surface area contributed by atoms with Gasteiger partial charge in [-0.05, 0) is 17.7 Å². The van der Waals surface area contributed by atoms with Crippen LogP contribution < -0.4 is 5.56 Å². The summed E-state index contributed by atoms with van der Waals surface area (Å²) in [5.41, 5.74) is 2.66. The molecule has 0 amide bonds. The topological polar surface area (TPSA) is 69.2 Å². The van der Waals surface area contributed by atoms with Gasteiger partial charge >= 0.3 is 0 Å². The van der Waals surface area contributed by atoms with Crippen molar-refractivity contribution in [3.63, 3.8) is 0 Å². The van der Waals surface area contributed by atoms with Gasteiger partial charge in [0.15, 0.2) is 0 Å². The molecular weight excluding hydrogens is 290 g/mol. The molecule has 0 bridgehead atoms. The Kier molecular flexibility index (Phi) is 3.98. The summed E-state index contributed by atoms with van der Waals surface area (Å²) in [6.07, 6.45) is 0.792. The van der Waals surface area contributed by atoms with Gasteiger partial charge in [0.25, 0.3) is 5.56 Å². The van der Waals surface area contributed by atoms with Crippen LogP contribution >= 0.6 is 0 Å². The Labute approximate surface area is 136 Å². The van der Waals surface area contributed by atoms with Crippen LogP contribution in [0.25, 0.3) is 0 Å². The number of nitrogens with zero attached hydrogens (tertiary/aromatic N) is 2. The maximum absolute atomic E-state index is 12.4. The fraction of sp³-hybridized carbons (Fsp3) is 0.444. The highest BCUT2D eigenvalue weighted by Gasteiger charge is 2.24. The average molecular weight is 313 g/mol. The van der Waals surface area contributed by atoms with E-state index in [4.69, 9.17) is 0 Å². The van der Waals surface area contributed by atoms with Gasteiger partial charge in [-0.2, -0.15) is 0 Å². The molecule has 1 aliphatic heterocycles. The van der Waals surface area contributed by atoms with Gasteiger partial charge in [-0.15, -0.1) is 0 Å². The summed E-state index contributed by atoms with van der Waals surface area (Å²) in [4.78, 5) is 22.3. The molecule has 0 spiro atoms. The highest BCUT2D eigenvalue weighted by Crippen LogP contribution is 2.21. The van der Waals surface area contributed by atoms with Crippen molar-refractivity contribution in [2.24, 2.45) is 0 Å². The average Bonchev–Trinajstić information content (AvgIpc) is 2.49. The van der Waals surface area contributed by atoms with Crippen molar-refractivity contribution >= 4 is 0 Å². The summed E-state index contributed by atoms with van der Waals surface area (Å²) in [5, 5.41) is 9.35. The van der Waals surface area contributed by atoms with Crippen molar-refractivity contribution in [3.8, 4) is 5.75 Å². The third-order valence-corrected chi connectivity index (χ3v) is 4.20. The second-order valence-corrected chi connectivity index (χ2v) is 7.22. The lowest BCUT2D eigenvalue weighted by Crippen LogP contribution is -2.37. The molecule has 0 saturated carbocycles. The molecule has 23 heavy (non-hydrogen) atoms. The Hall–Kier alpha value is -2.14. The SMILES string of the molecule is CC(C)(C)c1nc2c(c(=O)[nH]1)CN(Cc1ccc(O)cc1)CC2. The zero-order valence-electron chi connectivity index (χ0n) is 13.9. The maximum Gasteiger partial charge on any atom is 0.255 e. The van der Waals surface area contributed by atoms with E-state index in [1.54, 1.807) is 12.1 Å². The van der Waals surface area contributed by atoms with Crippen LogP contribution in [0.4, 0.5) is 0 Å². The highest BCUT2D eigenvalue weighted by atomic mass is 16.3. The maximum atomic E-state index is 12.4. The van der Waals surface area contributed by atoms with E-state index in [2.05, 4.69) is 35.6 Å². The van der Waals surface area contributed by atoms with Crippen LogP contribution in [0.15, 0.2) is 29.1 Å². The summed E-state index contributed by atoms with van der Waals surface area (Å²) in [6.45, 7) is 8.42. The van der Waals surface area contributed by atoms with Crippen LogP contribution in [0.2, 0.25) is 0 Å². The van der Waals surface area contributed by atoms with E-state index in [0.717, 1.165) is 42.2 Å². The third-order valence-electron chi connectivity index (χ3n) is 4.20. The predicted molar refractivity (Wildman–Crippen MR) is 89.5 cm³/mol. The van der Waals surface area contributed by atoms with Crippen LogP contribution in [0.1, 0.15) is 43.4 Å². The minimum absolute atomic E-state index is 0.0182. The minimum atomic E-state index is -0.155. The van der Waals surface area contributed by atoms with E-state index in [1.165, 1.54) is 0 Å². The summed E-state index contributed by atoms with van der Waals surface area (Å²) in [6, 6.07) is 7.21. The molecule has 2 aromatic rings. The molecule has 5 heteroatoms. The quantitative estimate of drug-likeness (QED) is 0.893. The van der Waals surface area contributed by atoms with Gasteiger partial charge in [0.05, 0.1) is 11.3 Å². The fourth-order valence-corrected chi connectivity index (χ4v) is 2.83. The molecule has 0 aliphatic carbocycles. The Balaban J connectivity index is 1.81. The first-order valence-electron chi connectivity index (χ1n) is 7.96. The number of phenols is 1. The third kappa shape index (κ3) is 3.45. The molecule has 5 nitrogen and oxygen atoms in total. The number of aromatic hydroxyl groups is 1. The molecule has 0 unspecified atom stereocenters. The molecule has 1 aromatic heterocycles. The lowest BCUT2D eigenvalue weighted by atomic mass is 9.95. The standard InChI is InChI=1S/C18H23N3O2/c1-18(2,3)17-19-15-8-9-21(11-14(15)16(23)20-17)10-12-4-6-13(22)7-5-12/h4-7,22H,8-11H2,1-3H3,(H,19,20,23). The zero-order chi connectivity index (χ0) is 16.6. The minimum Gasteiger partial charge on any atom is -0.508 e.